The molecular weight excluding hydrogens is 317 g/mol. The molecule has 0 radical (unpaired) electrons. The predicted molar refractivity (Wildman–Crippen MR) is 76.7 cm³/mol. The maximum Gasteiger partial charge on any atom is 0.272 e. The average Bonchev–Trinajstić information content (AvgIpc) is 2.40. The van der Waals surface area contributed by atoms with Crippen LogP contribution in [0.3, 0.4) is 0 Å². The predicted octanol–water partition coefficient (Wildman–Crippen LogP) is 3.29. The Hall–Kier alpha value is -1.93. The molecule has 0 atom stereocenters. The van der Waals surface area contributed by atoms with Gasteiger partial charge < -0.3 is 0 Å². The zero-order chi connectivity index (χ0) is 15.6. The molecule has 5 nitrogen and oxygen atoms in total. The summed E-state index contributed by atoms with van der Waals surface area (Å²) >= 11 is 0.911. The first-order chi connectivity index (χ1) is 9.79. The molecule has 2 aromatic carbocycles. The van der Waals surface area contributed by atoms with Crippen molar-refractivity contribution in [2.24, 2.45) is 0 Å². The van der Waals surface area contributed by atoms with E-state index in [1.54, 1.807) is 18.2 Å². The highest BCUT2D eigenvalue weighted by molar-refractivity contribution is 8.00. The van der Waals surface area contributed by atoms with Crippen LogP contribution < -0.4 is 0 Å². The summed E-state index contributed by atoms with van der Waals surface area (Å²) in [5.41, 5.74) is -0.353. The molecule has 110 valence electrons. The molecule has 0 aromatic heterocycles. The fourth-order valence-corrected chi connectivity index (χ4v) is 3.83. The largest absolute Gasteiger partial charge is 0.272 e. The van der Waals surface area contributed by atoms with Gasteiger partial charge in [-0.3, -0.25) is 10.1 Å². The van der Waals surface area contributed by atoms with Crippen LogP contribution in [0.15, 0.2) is 57.2 Å². The number of benzene rings is 2. The lowest BCUT2D eigenvalue weighted by atomic mass is 10.3. The first-order valence-electron chi connectivity index (χ1n) is 5.70. The van der Waals surface area contributed by atoms with E-state index < -0.39 is 20.6 Å². The van der Waals surface area contributed by atoms with Crippen molar-refractivity contribution in [2.45, 2.75) is 14.7 Å². The number of sulfone groups is 1. The van der Waals surface area contributed by atoms with Gasteiger partial charge in [0, 0.05) is 22.1 Å². The molecule has 0 bridgehead atoms. The van der Waals surface area contributed by atoms with E-state index in [0.717, 1.165) is 24.1 Å². The van der Waals surface area contributed by atoms with E-state index in [-0.39, 0.29) is 15.5 Å². The van der Waals surface area contributed by atoms with Crippen LogP contribution in [0.4, 0.5) is 10.1 Å². The molecule has 0 aliphatic heterocycles. The van der Waals surface area contributed by atoms with Gasteiger partial charge in [0.25, 0.3) is 5.69 Å². The SMILES string of the molecule is CS(=O)(=O)c1ccccc1Sc1ccc([N+](=O)[O-])cc1F. The third-order valence-corrected chi connectivity index (χ3v) is 5.01. The van der Waals surface area contributed by atoms with Crippen LogP contribution in [0.25, 0.3) is 0 Å². The summed E-state index contributed by atoms with van der Waals surface area (Å²) in [6, 6.07) is 9.45. The maximum absolute atomic E-state index is 13.8. The highest BCUT2D eigenvalue weighted by Crippen LogP contribution is 2.35. The van der Waals surface area contributed by atoms with Gasteiger partial charge in [-0.1, -0.05) is 23.9 Å². The van der Waals surface area contributed by atoms with Crippen LogP contribution in [-0.4, -0.2) is 19.6 Å². The van der Waals surface area contributed by atoms with Crippen LogP contribution in [0, 0.1) is 15.9 Å². The van der Waals surface area contributed by atoms with Crippen LogP contribution in [-0.2, 0) is 9.84 Å². The summed E-state index contributed by atoms with van der Waals surface area (Å²) < 4.78 is 37.2. The van der Waals surface area contributed by atoms with Crippen LogP contribution in [0.5, 0.6) is 0 Å². The Morgan fingerprint density at radius 3 is 2.38 bits per heavy atom. The Balaban J connectivity index is 2.42. The first kappa shape index (κ1) is 15.5. The van der Waals surface area contributed by atoms with Crippen LogP contribution in [0.1, 0.15) is 0 Å². The van der Waals surface area contributed by atoms with Gasteiger partial charge in [-0.25, -0.2) is 12.8 Å². The maximum atomic E-state index is 13.8. The second kappa shape index (κ2) is 5.82. The summed E-state index contributed by atoms with van der Waals surface area (Å²) in [5.74, 6) is -0.766. The van der Waals surface area contributed by atoms with Crippen molar-refractivity contribution in [2.75, 3.05) is 6.26 Å². The molecule has 0 amide bonds. The molecule has 2 rings (SSSR count). The van der Waals surface area contributed by atoms with Gasteiger partial charge in [0.15, 0.2) is 9.84 Å². The van der Waals surface area contributed by atoms with E-state index >= 15 is 0 Å². The van der Waals surface area contributed by atoms with E-state index in [2.05, 4.69) is 0 Å². The molecule has 0 fully saturated rings. The van der Waals surface area contributed by atoms with Gasteiger partial charge in [-0.15, -0.1) is 0 Å². The molecule has 2 aromatic rings. The number of rotatable bonds is 4. The number of halogens is 1. The monoisotopic (exact) mass is 327 g/mol. The van der Waals surface area contributed by atoms with Gasteiger partial charge >= 0.3 is 0 Å². The third kappa shape index (κ3) is 3.59. The third-order valence-electron chi connectivity index (χ3n) is 2.59. The van der Waals surface area contributed by atoms with E-state index in [4.69, 9.17) is 0 Å². The van der Waals surface area contributed by atoms with Crippen molar-refractivity contribution in [1.29, 1.82) is 0 Å². The first-order valence-corrected chi connectivity index (χ1v) is 8.40. The standard InChI is InChI=1S/C13H10FNO4S2/c1-21(18,19)13-5-3-2-4-12(13)20-11-7-6-9(15(16)17)8-10(11)14/h2-8H,1H3. The van der Waals surface area contributed by atoms with E-state index in [1.807, 2.05) is 0 Å². The molecule has 0 aliphatic rings. The summed E-state index contributed by atoms with van der Waals surface area (Å²) in [5, 5.41) is 10.6. The molecule has 0 saturated carbocycles. The number of nitro groups is 1. The fraction of sp³-hybridized carbons (Fsp3) is 0.0769. The minimum Gasteiger partial charge on any atom is -0.258 e. The summed E-state index contributed by atoms with van der Waals surface area (Å²) in [6.07, 6.45) is 1.07. The van der Waals surface area contributed by atoms with E-state index in [1.165, 1.54) is 18.2 Å². The molecule has 0 N–H and O–H groups in total. The minimum absolute atomic E-state index is 0.0905. The number of hydrogen-bond donors (Lipinski definition) is 0. The number of hydrogen-bond acceptors (Lipinski definition) is 5. The Morgan fingerprint density at radius 2 is 1.81 bits per heavy atom. The number of nitrogens with zero attached hydrogens (tertiary/aromatic N) is 1. The number of nitro benzene ring substituents is 1. The van der Waals surface area contributed by atoms with Crippen molar-refractivity contribution in [3.05, 3.63) is 58.4 Å². The highest BCUT2D eigenvalue weighted by atomic mass is 32.2. The summed E-state index contributed by atoms with van der Waals surface area (Å²) in [7, 11) is -3.44. The molecule has 8 heteroatoms. The lowest BCUT2D eigenvalue weighted by Crippen LogP contribution is -1.99. The van der Waals surface area contributed by atoms with Gasteiger partial charge in [0.05, 0.1) is 15.9 Å². The van der Waals surface area contributed by atoms with E-state index in [0.29, 0.717) is 4.90 Å². The van der Waals surface area contributed by atoms with E-state index in [9.17, 15) is 22.9 Å². The zero-order valence-corrected chi connectivity index (χ0v) is 12.4. The molecular formula is C13H10FNO4S2. The van der Waals surface area contributed by atoms with Crippen molar-refractivity contribution < 1.29 is 17.7 Å². The topological polar surface area (TPSA) is 77.3 Å². The molecule has 0 aliphatic carbocycles. The smallest absolute Gasteiger partial charge is 0.258 e. The van der Waals surface area contributed by atoms with Gasteiger partial charge in [0.2, 0.25) is 0 Å². The van der Waals surface area contributed by atoms with Crippen molar-refractivity contribution >= 4 is 27.3 Å². The van der Waals surface area contributed by atoms with Gasteiger partial charge in [0.1, 0.15) is 5.82 Å². The molecule has 0 unspecified atom stereocenters. The summed E-state index contributed by atoms with van der Waals surface area (Å²) in [6.45, 7) is 0. The fourth-order valence-electron chi connectivity index (χ4n) is 1.65. The average molecular weight is 327 g/mol. The van der Waals surface area contributed by atoms with Crippen molar-refractivity contribution in [1.82, 2.24) is 0 Å². The minimum atomic E-state index is -3.44. The Bertz CT molecular complexity index is 806. The van der Waals surface area contributed by atoms with Gasteiger partial charge in [-0.05, 0) is 18.2 Å². The van der Waals surface area contributed by atoms with Crippen molar-refractivity contribution in [3.8, 4) is 0 Å². The quantitative estimate of drug-likeness (QED) is 0.636. The van der Waals surface area contributed by atoms with Crippen LogP contribution in [0.2, 0.25) is 0 Å². The molecule has 0 spiro atoms. The Labute approximate surface area is 124 Å². The number of non-ortho nitro benzene ring substituents is 1. The Kier molecular flexibility index (Phi) is 4.29. The lowest BCUT2D eigenvalue weighted by Gasteiger charge is -2.08. The normalized spacial score (nSPS) is 11.3. The molecule has 21 heavy (non-hydrogen) atoms. The molecule has 0 saturated heterocycles. The summed E-state index contributed by atoms with van der Waals surface area (Å²) in [4.78, 5) is 10.4. The van der Waals surface area contributed by atoms with Crippen molar-refractivity contribution in [3.63, 3.8) is 0 Å². The van der Waals surface area contributed by atoms with Crippen LogP contribution >= 0.6 is 11.8 Å². The van der Waals surface area contributed by atoms with Gasteiger partial charge in [-0.2, -0.15) is 0 Å². The molecule has 0 heterocycles. The lowest BCUT2D eigenvalue weighted by molar-refractivity contribution is -0.385. The highest BCUT2D eigenvalue weighted by Gasteiger charge is 2.16. The second-order valence-corrected chi connectivity index (χ2v) is 7.26. The Morgan fingerprint density at radius 1 is 1.14 bits per heavy atom. The second-order valence-electron chi connectivity index (χ2n) is 4.19. The zero-order valence-electron chi connectivity index (χ0n) is 10.8.